The van der Waals surface area contributed by atoms with Crippen LogP contribution in [-0.4, -0.2) is 50.8 Å². The largest absolute Gasteiger partial charge is 0.464 e. The van der Waals surface area contributed by atoms with E-state index >= 15 is 0 Å². The molecule has 0 radical (unpaired) electrons. The zero-order valence-electron chi connectivity index (χ0n) is 19.4. The summed E-state index contributed by atoms with van der Waals surface area (Å²) in [7, 11) is -0.533. The molecule has 0 spiro atoms. The normalized spacial score (nSPS) is 13.7. The quantitative estimate of drug-likeness (QED) is 0.479. The van der Waals surface area contributed by atoms with Crippen molar-refractivity contribution in [3.8, 4) is 0 Å². The molecule has 0 unspecified atom stereocenters. The second-order valence-corrected chi connectivity index (χ2v) is 14.5. The van der Waals surface area contributed by atoms with Crippen LogP contribution in [-0.2, 0) is 13.9 Å². The summed E-state index contributed by atoms with van der Waals surface area (Å²) >= 11 is 0. The molecule has 1 rings (SSSR count). The number of alkyl carbamates (subject to hydrolysis) is 1. The SMILES string of the molecule is COC(=O)c1cccn1[C@@H](CCO[Si](C)(C)C(C)(C)C)CNC(=O)OC(C)(C)C. The van der Waals surface area contributed by atoms with Gasteiger partial charge in [0.15, 0.2) is 8.32 Å². The minimum Gasteiger partial charge on any atom is -0.464 e. The number of hydrogen-bond donors (Lipinski definition) is 1. The van der Waals surface area contributed by atoms with Gasteiger partial charge in [0.2, 0.25) is 0 Å². The molecule has 29 heavy (non-hydrogen) atoms. The Morgan fingerprint density at radius 3 is 2.31 bits per heavy atom. The van der Waals surface area contributed by atoms with Gasteiger partial charge in [0.25, 0.3) is 0 Å². The van der Waals surface area contributed by atoms with Gasteiger partial charge in [-0.2, -0.15) is 0 Å². The van der Waals surface area contributed by atoms with Crippen LogP contribution in [0.2, 0.25) is 18.1 Å². The fourth-order valence-corrected chi connectivity index (χ4v) is 3.57. The maximum absolute atomic E-state index is 12.1. The van der Waals surface area contributed by atoms with Crippen molar-refractivity contribution in [2.24, 2.45) is 0 Å². The van der Waals surface area contributed by atoms with E-state index in [1.165, 1.54) is 7.11 Å². The molecule has 1 aromatic heterocycles. The molecule has 0 aliphatic rings. The third-order valence-electron chi connectivity index (χ3n) is 5.17. The van der Waals surface area contributed by atoms with Crippen molar-refractivity contribution >= 4 is 20.4 Å². The molecule has 1 N–H and O–H groups in total. The van der Waals surface area contributed by atoms with E-state index in [2.05, 4.69) is 39.2 Å². The topological polar surface area (TPSA) is 78.8 Å². The van der Waals surface area contributed by atoms with Crippen molar-refractivity contribution in [2.45, 2.75) is 77.7 Å². The average molecular weight is 427 g/mol. The summed E-state index contributed by atoms with van der Waals surface area (Å²) in [5, 5.41) is 2.92. The minimum atomic E-state index is -1.89. The number of hydrogen-bond acceptors (Lipinski definition) is 5. The molecule has 0 aliphatic heterocycles. The van der Waals surface area contributed by atoms with Gasteiger partial charge < -0.3 is 23.8 Å². The fraction of sp³-hybridized carbons (Fsp3) is 0.714. The first kappa shape index (κ1) is 25.2. The van der Waals surface area contributed by atoms with E-state index in [4.69, 9.17) is 13.9 Å². The number of nitrogens with one attached hydrogen (secondary N) is 1. The lowest BCUT2D eigenvalue weighted by Crippen LogP contribution is -2.41. The van der Waals surface area contributed by atoms with Gasteiger partial charge in [-0.1, -0.05) is 20.8 Å². The summed E-state index contributed by atoms with van der Waals surface area (Å²) in [5.41, 5.74) is -0.133. The van der Waals surface area contributed by atoms with Crippen molar-refractivity contribution in [3.63, 3.8) is 0 Å². The van der Waals surface area contributed by atoms with Crippen LogP contribution in [0.25, 0.3) is 0 Å². The molecule has 1 atom stereocenters. The molecule has 1 aromatic rings. The number of methoxy groups -OCH3 is 1. The summed E-state index contributed by atoms with van der Waals surface area (Å²) in [5.74, 6) is -0.414. The van der Waals surface area contributed by atoms with E-state index < -0.39 is 26.0 Å². The van der Waals surface area contributed by atoms with Gasteiger partial charge in [0, 0.05) is 19.3 Å². The number of esters is 1. The Labute approximate surface area is 176 Å². The molecular formula is C21H38N2O5Si. The molecule has 8 heteroatoms. The Balaban J connectivity index is 2.91. The van der Waals surface area contributed by atoms with Gasteiger partial charge >= 0.3 is 12.1 Å². The summed E-state index contributed by atoms with van der Waals surface area (Å²) in [6, 6.07) is 3.33. The van der Waals surface area contributed by atoms with Gasteiger partial charge in [-0.3, -0.25) is 0 Å². The summed E-state index contributed by atoms with van der Waals surface area (Å²) in [4.78, 5) is 24.2. The highest BCUT2D eigenvalue weighted by molar-refractivity contribution is 6.74. The van der Waals surface area contributed by atoms with Crippen LogP contribution in [0.1, 0.15) is 64.5 Å². The molecule has 0 aromatic carbocycles. The Morgan fingerprint density at radius 2 is 1.79 bits per heavy atom. The van der Waals surface area contributed by atoms with Gasteiger partial charge in [-0.15, -0.1) is 0 Å². The highest BCUT2D eigenvalue weighted by Gasteiger charge is 2.37. The third-order valence-corrected chi connectivity index (χ3v) is 9.71. The fourth-order valence-electron chi connectivity index (χ4n) is 2.51. The molecule has 1 amide bonds. The highest BCUT2D eigenvalue weighted by Crippen LogP contribution is 2.36. The Morgan fingerprint density at radius 1 is 1.17 bits per heavy atom. The highest BCUT2D eigenvalue weighted by atomic mass is 28.4. The number of amides is 1. The van der Waals surface area contributed by atoms with Crippen LogP contribution in [0.4, 0.5) is 4.79 Å². The van der Waals surface area contributed by atoms with E-state index in [1.54, 1.807) is 12.1 Å². The zero-order chi connectivity index (χ0) is 22.5. The van der Waals surface area contributed by atoms with Gasteiger partial charge in [-0.25, -0.2) is 9.59 Å². The number of nitrogens with zero attached hydrogens (tertiary/aromatic N) is 1. The first-order valence-corrected chi connectivity index (χ1v) is 12.9. The summed E-state index contributed by atoms with van der Waals surface area (Å²) < 4.78 is 18.4. The summed E-state index contributed by atoms with van der Waals surface area (Å²) in [6.45, 7) is 17.3. The van der Waals surface area contributed by atoms with E-state index in [0.29, 0.717) is 25.3 Å². The Hall–Kier alpha value is -1.80. The van der Waals surface area contributed by atoms with E-state index in [1.807, 2.05) is 31.5 Å². The molecule has 0 aliphatic carbocycles. The van der Waals surface area contributed by atoms with E-state index in [0.717, 1.165) is 0 Å². The molecule has 0 saturated heterocycles. The van der Waals surface area contributed by atoms with Crippen LogP contribution in [0.3, 0.4) is 0 Å². The second-order valence-electron chi connectivity index (χ2n) is 9.73. The first-order valence-electron chi connectivity index (χ1n) is 10.0. The summed E-state index contributed by atoms with van der Waals surface area (Å²) in [6.07, 6.45) is 1.97. The number of aromatic nitrogens is 1. The van der Waals surface area contributed by atoms with E-state index in [-0.39, 0.29) is 11.1 Å². The standard InChI is InChI=1S/C21H38N2O5Si/c1-20(2,3)28-19(25)22-15-16(12-14-27-29(8,9)21(4,5)6)23-13-10-11-17(23)18(24)26-7/h10-11,13,16H,12,14-15H2,1-9H3,(H,22,25)/t16-/m0/s1. The lowest BCUT2D eigenvalue weighted by atomic mass is 10.2. The Bertz CT molecular complexity index is 686. The average Bonchev–Trinajstić information content (AvgIpc) is 3.03. The van der Waals surface area contributed by atoms with Crippen LogP contribution < -0.4 is 5.32 Å². The molecule has 1 heterocycles. The molecule has 0 saturated carbocycles. The molecule has 7 nitrogen and oxygen atoms in total. The van der Waals surface area contributed by atoms with Crippen LogP contribution in [0.5, 0.6) is 0 Å². The first-order chi connectivity index (χ1) is 13.2. The number of carbonyl (C=O) groups excluding carboxylic acids is 2. The van der Waals surface area contributed by atoms with Crippen molar-refractivity contribution in [3.05, 3.63) is 24.0 Å². The van der Waals surface area contributed by atoms with Crippen molar-refractivity contribution in [2.75, 3.05) is 20.3 Å². The Kier molecular flexibility index (Phi) is 8.53. The molecule has 0 bridgehead atoms. The van der Waals surface area contributed by atoms with Gasteiger partial charge in [-0.05, 0) is 57.5 Å². The van der Waals surface area contributed by atoms with Crippen molar-refractivity contribution in [1.29, 1.82) is 0 Å². The van der Waals surface area contributed by atoms with E-state index in [9.17, 15) is 9.59 Å². The lowest BCUT2D eigenvalue weighted by Gasteiger charge is -2.36. The third kappa shape index (κ3) is 7.85. The number of ether oxygens (including phenoxy) is 2. The minimum absolute atomic E-state index is 0.113. The zero-order valence-corrected chi connectivity index (χ0v) is 20.4. The van der Waals surface area contributed by atoms with Crippen molar-refractivity contribution < 1.29 is 23.5 Å². The maximum Gasteiger partial charge on any atom is 0.407 e. The van der Waals surface area contributed by atoms with Crippen LogP contribution >= 0.6 is 0 Å². The molecule has 0 fully saturated rings. The number of rotatable bonds is 8. The smallest absolute Gasteiger partial charge is 0.407 e. The predicted molar refractivity (Wildman–Crippen MR) is 117 cm³/mol. The second kappa shape index (κ2) is 9.80. The molecular weight excluding hydrogens is 388 g/mol. The maximum atomic E-state index is 12.1. The van der Waals surface area contributed by atoms with Gasteiger partial charge in [0.05, 0.1) is 13.2 Å². The molecule has 166 valence electrons. The monoisotopic (exact) mass is 426 g/mol. The van der Waals surface area contributed by atoms with Crippen LogP contribution in [0.15, 0.2) is 18.3 Å². The van der Waals surface area contributed by atoms with Gasteiger partial charge in [0.1, 0.15) is 11.3 Å². The lowest BCUT2D eigenvalue weighted by molar-refractivity contribution is 0.0517. The van der Waals surface area contributed by atoms with Crippen molar-refractivity contribution in [1.82, 2.24) is 9.88 Å². The number of carbonyl (C=O) groups is 2. The predicted octanol–water partition coefficient (Wildman–Crippen LogP) is 4.75. The van der Waals surface area contributed by atoms with Crippen LogP contribution in [0, 0.1) is 0 Å².